The number of hydrogen-bond acceptors (Lipinski definition) is 2. The molecule has 0 aromatic heterocycles. The molecule has 4 aromatic rings. The van der Waals surface area contributed by atoms with Crippen molar-refractivity contribution in [2.24, 2.45) is 5.92 Å². The fourth-order valence-corrected chi connectivity index (χ4v) is 6.74. The molecule has 0 radical (unpaired) electrons. The Hall–Kier alpha value is -3.59. The van der Waals surface area contributed by atoms with Crippen LogP contribution in [0.2, 0.25) is 0 Å². The molecular formula is C32H30N2O. The number of piperidine rings is 1. The predicted octanol–water partition coefficient (Wildman–Crippen LogP) is 7.45. The summed E-state index contributed by atoms with van der Waals surface area (Å²) in [4.78, 5) is 15.8. The number of allylic oxidation sites excluding steroid dienone is 2. The highest BCUT2D eigenvalue weighted by molar-refractivity contribution is 6.04. The summed E-state index contributed by atoms with van der Waals surface area (Å²) in [6.45, 7) is 1.73. The Kier molecular flexibility index (Phi) is 4.90. The van der Waals surface area contributed by atoms with Crippen LogP contribution in [0, 0.1) is 5.92 Å². The van der Waals surface area contributed by atoms with E-state index in [1.165, 1.54) is 39.1 Å². The van der Waals surface area contributed by atoms with Gasteiger partial charge in [0.2, 0.25) is 0 Å². The van der Waals surface area contributed by atoms with Gasteiger partial charge in [-0.3, -0.25) is 4.79 Å². The number of nitrogens with one attached hydrogen (secondary N) is 1. The van der Waals surface area contributed by atoms with Crippen LogP contribution in [-0.4, -0.2) is 23.9 Å². The Bertz CT molecular complexity index is 1430. The minimum atomic E-state index is 0.133. The second kappa shape index (κ2) is 8.27. The van der Waals surface area contributed by atoms with E-state index in [2.05, 4.69) is 89.1 Å². The summed E-state index contributed by atoms with van der Waals surface area (Å²) in [5.74, 6) is 0.927. The van der Waals surface area contributed by atoms with Crippen molar-refractivity contribution < 1.29 is 4.79 Å². The van der Waals surface area contributed by atoms with Gasteiger partial charge in [-0.25, -0.2) is 0 Å². The van der Waals surface area contributed by atoms with Gasteiger partial charge in [0.1, 0.15) is 0 Å². The van der Waals surface area contributed by atoms with Crippen molar-refractivity contribution in [3.63, 3.8) is 0 Å². The number of anilines is 1. The van der Waals surface area contributed by atoms with Crippen LogP contribution in [0.15, 0.2) is 84.9 Å². The smallest absolute Gasteiger partial charge is 0.255 e. The highest BCUT2D eigenvalue weighted by atomic mass is 16.2. The molecule has 0 spiro atoms. The van der Waals surface area contributed by atoms with E-state index >= 15 is 0 Å². The van der Waals surface area contributed by atoms with Gasteiger partial charge in [0.25, 0.3) is 5.91 Å². The molecule has 3 atom stereocenters. The molecule has 1 N–H and O–H groups in total. The van der Waals surface area contributed by atoms with Gasteiger partial charge in [0.15, 0.2) is 0 Å². The molecule has 1 amide bonds. The summed E-state index contributed by atoms with van der Waals surface area (Å²) < 4.78 is 0. The first kappa shape index (κ1) is 20.8. The first-order valence-corrected chi connectivity index (χ1v) is 13.1. The first-order valence-electron chi connectivity index (χ1n) is 13.1. The van der Waals surface area contributed by atoms with Crippen LogP contribution >= 0.6 is 0 Å². The molecular weight excluding hydrogens is 428 g/mol. The molecule has 3 unspecified atom stereocenters. The number of hydrogen-bond donors (Lipinski definition) is 1. The number of carbonyl (C=O) groups excluding carboxylic acids is 1. The van der Waals surface area contributed by atoms with E-state index in [1.54, 1.807) is 0 Å². The Morgan fingerprint density at radius 3 is 2.29 bits per heavy atom. The number of amides is 1. The summed E-state index contributed by atoms with van der Waals surface area (Å²) in [6.07, 6.45) is 9.19. The topological polar surface area (TPSA) is 32.3 Å². The lowest BCUT2D eigenvalue weighted by Gasteiger charge is -2.40. The summed E-state index contributed by atoms with van der Waals surface area (Å²) >= 11 is 0. The predicted molar refractivity (Wildman–Crippen MR) is 144 cm³/mol. The van der Waals surface area contributed by atoms with Crippen LogP contribution in [0.1, 0.15) is 59.1 Å². The van der Waals surface area contributed by atoms with E-state index in [1.807, 2.05) is 6.07 Å². The monoisotopic (exact) mass is 458 g/mol. The molecule has 174 valence electrons. The zero-order valence-electron chi connectivity index (χ0n) is 19.9. The standard InChI is InChI=1S/C32H30N2O/c35-32(34-18-6-1-7-19-34)28-17-9-15-26-25-14-8-16-27(25)31(33-30(26)28)29-23-12-4-2-10-21(23)20-22-11-3-5-13-24(22)29/h2-5,8-15,17,20,25,27,31,33H,1,6-7,16,18-19H2. The van der Waals surface area contributed by atoms with Gasteiger partial charge in [-0.05, 0) is 76.4 Å². The van der Waals surface area contributed by atoms with Gasteiger partial charge in [0, 0.05) is 19.0 Å². The first-order chi connectivity index (χ1) is 17.3. The van der Waals surface area contributed by atoms with Crippen LogP contribution < -0.4 is 5.32 Å². The zero-order chi connectivity index (χ0) is 23.4. The lowest BCUT2D eigenvalue weighted by Crippen LogP contribution is -2.37. The molecule has 1 saturated heterocycles. The lowest BCUT2D eigenvalue weighted by molar-refractivity contribution is 0.0725. The van der Waals surface area contributed by atoms with Gasteiger partial charge in [-0.2, -0.15) is 0 Å². The van der Waals surface area contributed by atoms with Crippen LogP contribution in [0.4, 0.5) is 5.69 Å². The van der Waals surface area contributed by atoms with Gasteiger partial charge < -0.3 is 10.2 Å². The van der Waals surface area contributed by atoms with E-state index in [9.17, 15) is 4.79 Å². The normalized spacial score (nSPS) is 23.2. The van der Waals surface area contributed by atoms with Gasteiger partial charge in [-0.15, -0.1) is 0 Å². The Balaban J connectivity index is 1.42. The second-order valence-electron chi connectivity index (χ2n) is 10.3. The molecule has 35 heavy (non-hydrogen) atoms. The molecule has 3 heteroatoms. The van der Waals surface area contributed by atoms with Gasteiger partial charge in [-0.1, -0.05) is 72.8 Å². The fourth-order valence-electron chi connectivity index (χ4n) is 6.74. The fraction of sp³-hybridized carbons (Fsp3) is 0.281. The molecule has 2 heterocycles. The molecule has 1 fully saturated rings. The van der Waals surface area contributed by atoms with Gasteiger partial charge >= 0.3 is 0 Å². The quantitative estimate of drug-likeness (QED) is 0.250. The molecule has 0 bridgehead atoms. The van der Waals surface area contributed by atoms with E-state index in [0.717, 1.165) is 43.6 Å². The highest BCUT2D eigenvalue weighted by Gasteiger charge is 2.40. The number of nitrogens with zero attached hydrogens (tertiary/aromatic N) is 1. The van der Waals surface area contributed by atoms with Gasteiger partial charge in [0.05, 0.1) is 17.3 Å². The third-order valence-electron chi connectivity index (χ3n) is 8.39. The van der Waals surface area contributed by atoms with Crippen molar-refractivity contribution in [2.75, 3.05) is 18.4 Å². The van der Waals surface area contributed by atoms with Crippen molar-refractivity contribution in [1.29, 1.82) is 0 Å². The van der Waals surface area contributed by atoms with Crippen molar-refractivity contribution in [3.05, 3.63) is 102 Å². The summed E-state index contributed by atoms with van der Waals surface area (Å²) in [7, 11) is 0. The minimum Gasteiger partial charge on any atom is -0.377 e. The molecule has 7 rings (SSSR count). The number of benzene rings is 4. The van der Waals surface area contributed by atoms with Crippen LogP contribution in [0.3, 0.4) is 0 Å². The third kappa shape index (κ3) is 3.29. The second-order valence-corrected chi connectivity index (χ2v) is 10.3. The summed E-state index contributed by atoms with van der Waals surface area (Å²) in [6, 6.07) is 26.3. The van der Waals surface area contributed by atoms with Crippen LogP contribution in [0.5, 0.6) is 0 Å². The van der Waals surface area contributed by atoms with E-state index in [-0.39, 0.29) is 11.9 Å². The van der Waals surface area contributed by atoms with E-state index < -0.39 is 0 Å². The van der Waals surface area contributed by atoms with Crippen LogP contribution in [-0.2, 0) is 0 Å². The number of para-hydroxylation sites is 1. The zero-order valence-corrected chi connectivity index (χ0v) is 19.9. The average Bonchev–Trinajstić information content (AvgIpc) is 3.42. The maximum absolute atomic E-state index is 13.7. The molecule has 3 aliphatic rings. The summed E-state index contributed by atoms with van der Waals surface area (Å²) in [5.41, 5.74) is 4.51. The molecule has 0 saturated carbocycles. The Labute approximate surface area is 206 Å². The van der Waals surface area contributed by atoms with Crippen LogP contribution in [0.25, 0.3) is 21.5 Å². The van der Waals surface area contributed by atoms with Crippen molar-refractivity contribution >= 4 is 33.1 Å². The molecule has 1 aliphatic carbocycles. The number of carbonyl (C=O) groups is 1. The average molecular weight is 459 g/mol. The number of rotatable bonds is 2. The summed E-state index contributed by atoms with van der Waals surface area (Å²) in [5, 5.41) is 9.12. The molecule has 4 aromatic carbocycles. The number of likely N-dealkylation sites (tertiary alicyclic amines) is 1. The number of fused-ring (bicyclic) bond motifs is 5. The van der Waals surface area contributed by atoms with Crippen molar-refractivity contribution in [3.8, 4) is 0 Å². The van der Waals surface area contributed by atoms with E-state index in [0.29, 0.717) is 11.8 Å². The van der Waals surface area contributed by atoms with E-state index in [4.69, 9.17) is 0 Å². The van der Waals surface area contributed by atoms with Crippen molar-refractivity contribution in [2.45, 2.75) is 37.6 Å². The maximum Gasteiger partial charge on any atom is 0.255 e. The lowest BCUT2D eigenvalue weighted by atomic mass is 9.74. The molecule has 3 nitrogen and oxygen atoms in total. The largest absolute Gasteiger partial charge is 0.377 e. The third-order valence-corrected chi connectivity index (χ3v) is 8.39. The highest BCUT2D eigenvalue weighted by Crippen LogP contribution is 2.52. The SMILES string of the molecule is O=C(c1cccc2c1NC(c1c3ccccc3cc3ccccc13)C1CC=CC21)N1CCCCC1. The maximum atomic E-state index is 13.7. The Morgan fingerprint density at radius 2 is 1.54 bits per heavy atom. The Morgan fingerprint density at radius 1 is 0.829 bits per heavy atom. The minimum absolute atomic E-state index is 0.133. The van der Waals surface area contributed by atoms with Crippen molar-refractivity contribution in [1.82, 2.24) is 4.90 Å². The molecule has 2 aliphatic heterocycles.